The van der Waals surface area contributed by atoms with Crippen LogP contribution in [0.25, 0.3) is 0 Å². The maximum Gasteiger partial charge on any atom is 0.307 e. The SMILES string of the molecule is O=C(O)Cc1ccc(Nc2ccc(F)c(F)c2F)cc1. The van der Waals surface area contributed by atoms with Crippen molar-refractivity contribution in [3.63, 3.8) is 0 Å². The summed E-state index contributed by atoms with van der Waals surface area (Å²) in [5.41, 5.74) is 0.813. The molecular weight excluding hydrogens is 271 g/mol. The molecule has 0 saturated heterocycles. The van der Waals surface area contributed by atoms with Crippen molar-refractivity contribution in [1.29, 1.82) is 0 Å². The van der Waals surface area contributed by atoms with Gasteiger partial charge in [-0.05, 0) is 29.8 Å². The summed E-state index contributed by atoms with van der Waals surface area (Å²) in [6.45, 7) is 0. The zero-order chi connectivity index (χ0) is 14.7. The van der Waals surface area contributed by atoms with Crippen LogP contribution in [0.3, 0.4) is 0 Å². The topological polar surface area (TPSA) is 49.3 Å². The summed E-state index contributed by atoms with van der Waals surface area (Å²) in [5, 5.41) is 11.2. The molecule has 0 bridgehead atoms. The van der Waals surface area contributed by atoms with E-state index in [0.717, 1.165) is 12.1 Å². The molecule has 0 spiro atoms. The molecule has 0 atom stereocenters. The molecule has 104 valence electrons. The van der Waals surface area contributed by atoms with E-state index in [2.05, 4.69) is 5.32 Å². The Bertz CT molecular complexity index is 642. The van der Waals surface area contributed by atoms with Crippen LogP contribution in [0.1, 0.15) is 5.56 Å². The third kappa shape index (κ3) is 3.09. The van der Waals surface area contributed by atoms with Crippen molar-refractivity contribution in [3.8, 4) is 0 Å². The van der Waals surface area contributed by atoms with Gasteiger partial charge in [0.25, 0.3) is 0 Å². The van der Waals surface area contributed by atoms with Crippen LogP contribution in [0.15, 0.2) is 36.4 Å². The third-order valence-electron chi connectivity index (χ3n) is 2.62. The average molecular weight is 281 g/mol. The number of halogens is 3. The lowest BCUT2D eigenvalue weighted by Crippen LogP contribution is -2.01. The molecule has 2 rings (SSSR count). The Kier molecular flexibility index (Phi) is 3.93. The Labute approximate surface area is 112 Å². The summed E-state index contributed by atoms with van der Waals surface area (Å²) in [5.74, 6) is -5.07. The maximum atomic E-state index is 13.4. The number of benzene rings is 2. The van der Waals surface area contributed by atoms with E-state index in [0.29, 0.717) is 11.3 Å². The van der Waals surface area contributed by atoms with Crippen LogP contribution in [0.4, 0.5) is 24.5 Å². The number of carbonyl (C=O) groups is 1. The van der Waals surface area contributed by atoms with Crippen LogP contribution in [0.2, 0.25) is 0 Å². The fourth-order valence-electron chi connectivity index (χ4n) is 1.66. The molecule has 2 aromatic carbocycles. The molecule has 0 radical (unpaired) electrons. The van der Waals surface area contributed by atoms with Crippen LogP contribution < -0.4 is 5.32 Å². The number of hydrogen-bond donors (Lipinski definition) is 2. The third-order valence-corrected chi connectivity index (χ3v) is 2.62. The predicted molar refractivity (Wildman–Crippen MR) is 67.4 cm³/mol. The predicted octanol–water partition coefficient (Wildman–Crippen LogP) is 3.47. The molecule has 0 amide bonds. The first-order chi connectivity index (χ1) is 9.47. The highest BCUT2D eigenvalue weighted by Crippen LogP contribution is 2.23. The van der Waals surface area contributed by atoms with Crippen molar-refractivity contribution in [1.82, 2.24) is 0 Å². The van der Waals surface area contributed by atoms with Crippen molar-refractivity contribution in [2.45, 2.75) is 6.42 Å². The normalized spacial score (nSPS) is 10.3. The fourth-order valence-corrected chi connectivity index (χ4v) is 1.66. The van der Waals surface area contributed by atoms with Crippen molar-refractivity contribution >= 4 is 17.3 Å². The molecule has 0 heterocycles. The molecule has 0 aliphatic heterocycles. The molecule has 3 nitrogen and oxygen atoms in total. The van der Waals surface area contributed by atoms with E-state index in [1.807, 2.05) is 0 Å². The van der Waals surface area contributed by atoms with E-state index in [9.17, 15) is 18.0 Å². The van der Waals surface area contributed by atoms with E-state index in [1.165, 1.54) is 12.1 Å². The lowest BCUT2D eigenvalue weighted by atomic mass is 10.1. The Morgan fingerprint density at radius 1 is 1.00 bits per heavy atom. The fraction of sp³-hybridized carbons (Fsp3) is 0.0714. The van der Waals surface area contributed by atoms with Gasteiger partial charge >= 0.3 is 5.97 Å². The molecule has 6 heteroatoms. The molecule has 0 fully saturated rings. The lowest BCUT2D eigenvalue weighted by Gasteiger charge is -2.09. The van der Waals surface area contributed by atoms with Crippen molar-refractivity contribution in [3.05, 3.63) is 59.4 Å². The number of nitrogens with one attached hydrogen (secondary N) is 1. The van der Waals surface area contributed by atoms with Gasteiger partial charge in [0.05, 0.1) is 12.1 Å². The number of carboxylic acid groups (broad SMARTS) is 1. The molecule has 0 aliphatic carbocycles. The standard InChI is InChI=1S/C14H10F3NO2/c15-10-5-6-11(14(17)13(10)16)18-9-3-1-8(2-4-9)7-12(19)20/h1-6,18H,7H2,(H,19,20). The number of rotatable bonds is 4. The average Bonchev–Trinajstić information content (AvgIpc) is 2.41. The van der Waals surface area contributed by atoms with Crippen molar-refractivity contribution < 1.29 is 23.1 Å². The van der Waals surface area contributed by atoms with E-state index in [4.69, 9.17) is 5.11 Å². The molecule has 0 aromatic heterocycles. The molecule has 20 heavy (non-hydrogen) atoms. The summed E-state index contributed by atoms with van der Waals surface area (Å²) in [6.07, 6.45) is -0.125. The molecule has 2 aromatic rings. The van der Waals surface area contributed by atoms with Gasteiger partial charge < -0.3 is 10.4 Å². The van der Waals surface area contributed by atoms with Gasteiger partial charge in [-0.25, -0.2) is 13.2 Å². The Morgan fingerprint density at radius 2 is 1.65 bits per heavy atom. The van der Waals surface area contributed by atoms with Crippen molar-refractivity contribution in [2.75, 3.05) is 5.32 Å². The summed E-state index contributed by atoms with van der Waals surface area (Å²) in [7, 11) is 0. The number of aliphatic carboxylic acids is 1. The van der Waals surface area contributed by atoms with Gasteiger partial charge in [-0.3, -0.25) is 4.79 Å². The van der Waals surface area contributed by atoms with Crippen LogP contribution in [-0.4, -0.2) is 11.1 Å². The van der Waals surface area contributed by atoms with E-state index < -0.39 is 23.4 Å². The van der Waals surface area contributed by atoms with Gasteiger partial charge in [-0.15, -0.1) is 0 Å². The number of carboxylic acids is 1. The monoisotopic (exact) mass is 281 g/mol. The summed E-state index contributed by atoms with van der Waals surface area (Å²) in [6, 6.07) is 8.05. The van der Waals surface area contributed by atoms with E-state index in [1.54, 1.807) is 12.1 Å². The summed E-state index contributed by atoms with van der Waals surface area (Å²) in [4.78, 5) is 10.5. The minimum absolute atomic E-state index is 0.125. The van der Waals surface area contributed by atoms with Crippen LogP contribution in [0, 0.1) is 17.5 Å². The Balaban J connectivity index is 2.18. The van der Waals surface area contributed by atoms with Gasteiger partial charge in [0.1, 0.15) is 0 Å². The second kappa shape index (κ2) is 5.64. The van der Waals surface area contributed by atoms with Crippen LogP contribution >= 0.6 is 0 Å². The number of anilines is 2. The second-order valence-corrected chi connectivity index (χ2v) is 4.12. The molecule has 0 aliphatic rings. The molecule has 2 N–H and O–H groups in total. The first-order valence-corrected chi connectivity index (χ1v) is 5.68. The van der Waals surface area contributed by atoms with Gasteiger partial charge in [0, 0.05) is 5.69 Å². The van der Waals surface area contributed by atoms with Gasteiger partial charge in [-0.2, -0.15) is 0 Å². The summed E-state index contributed by atoms with van der Waals surface area (Å²) >= 11 is 0. The van der Waals surface area contributed by atoms with Crippen molar-refractivity contribution in [2.24, 2.45) is 0 Å². The van der Waals surface area contributed by atoms with E-state index in [-0.39, 0.29) is 12.1 Å². The van der Waals surface area contributed by atoms with Gasteiger partial charge in [-0.1, -0.05) is 12.1 Å². The highest BCUT2D eigenvalue weighted by molar-refractivity contribution is 5.70. The highest BCUT2D eigenvalue weighted by Gasteiger charge is 2.13. The maximum absolute atomic E-state index is 13.4. The smallest absolute Gasteiger partial charge is 0.307 e. The lowest BCUT2D eigenvalue weighted by molar-refractivity contribution is -0.136. The zero-order valence-corrected chi connectivity index (χ0v) is 10.2. The second-order valence-electron chi connectivity index (χ2n) is 4.12. The highest BCUT2D eigenvalue weighted by atomic mass is 19.2. The molecule has 0 saturated carbocycles. The van der Waals surface area contributed by atoms with Gasteiger partial charge in [0.15, 0.2) is 17.5 Å². The number of hydrogen-bond acceptors (Lipinski definition) is 2. The van der Waals surface area contributed by atoms with Gasteiger partial charge in [0.2, 0.25) is 0 Å². The first-order valence-electron chi connectivity index (χ1n) is 5.68. The van der Waals surface area contributed by atoms with E-state index >= 15 is 0 Å². The minimum atomic E-state index is -1.54. The quantitative estimate of drug-likeness (QED) is 0.844. The first kappa shape index (κ1) is 13.9. The zero-order valence-electron chi connectivity index (χ0n) is 10.2. The molecular formula is C14H10F3NO2. The Morgan fingerprint density at radius 3 is 2.25 bits per heavy atom. The largest absolute Gasteiger partial charge is 0.481 e. The van der Waals surface area contributed by atoms with Crippen LogP contribution in [0.5, 0.6) is 0 Å². The Hall–Kier alpha value is -2.50. The molecule has 0 unspecified atom stereocenters. The minimum Gasteiger partial charge on any atom is -0.481 e. The van der Waals surface area contributed by atoms with Crippen LogP contribution in [-0.2, 0) is 11.2 Å². The summed E-state index contributed by atoms with van der Waals surface area (Å²) < 4.78 is 39.3.